The van der Waals surface area contributed by atoms with E-state index in [1.807, 2.05) is 0 Å². The normalized spacial score (nSPS) is 37.1. The summed E-state index contributed by atoms with van der Waals surface area (Å²) in [4.78, 5) is 14.7. The van der Waals surface area contributed by atoms with Gasteiger partial charge in [0.25, 0.3) is 0 Å². The van der Waals surface area contributed by atoms with Crippen molar-refractivity contribution in [1.82, 2.24) is 4.90 Å². The number of rotatable bonds is 2. The summed E-state index contributed by atoms with van der Waals surface area (Å²) in [6.07, 6.45) is 9.09. The van der Waals surface area contributed by atoms with Gasteiger partial charge in [0.05, 0.1) is 18.8 Å². The monoisotopic (exact) mass is 302 g/mol. The highest BCUT2D eigenvalue weighted by molar-refractivity contribution is 5.85. The first kappa shape index (κ1) is 16.1. The molecule has 3 fully saturated rings. The molecule has 2 aliphatic carbocycles. The first-order chi connectivity index (χ1) is 9.25. The van der Waals surface area contributed by atoms with Crippen LogP contribution in [0.5, 0.6) is 0 Å². The third kappa shape index (κ3) is 3.29. The zero-order valence-electron chi connectivity index (χ0n) is 12.1. The minimum Gasteiger partial charge on any atom is -0.374 e. The molecule has 0 aromatic carbocycles. The largest absolute Gasteiger partial charge is 0.374 e. The Balaban J connectivity index is 0.00000147. The summed E-state index contributed by atoms with van der Waals surface area (Å²) in [6, 6.07) is 0.583. The molecule has 0 aromatic heterocycles. The van der Waals surface area contributed by atoms with Gasteiger partial charge in [0.2, 0.25) is 5.91 Å². The summed E-state index contributed by atoms with van der Waals surface area (Å²) in [5, 5.41) is 0. The second kappa shape index (κ2) is 7.10. The Morgan fingerprint density at radius 3 is 2.75 bits per heavy atom. The lowest BCUT2D eigenvalue weighted by Crippen LogP contribution is -2.52. The molecule has 4 nitrogen and oxygen atoms in total. The lowest BCUT2D eigenvalue weighted by Gasteiger charge is -2.39. The zero-order valence-corrected chi connectivity index (χ0v) is 12.9. The molecule has 3 rings (SSSR count). The van der Waals surface area contributed by atoms with Gasteiger partial charge in [-0.2, -0.15) is 0 Å². The van der Waals surface area contributed by atoms with E-state index in [-0.39, 0.29) is 18.4 Å². The highest BCUT2D eigenvalue weighted by Gasteiger charge is 2.39. The van der Waals surface area contributed by atoms with Crippen LogP contribution in [-0.2, 0) is 9.53 Å². The Kier molecular flexibility index (Phi) is 5.70. The van der Waals surface area contributed by atoms with Gasteiger partial charge >= 0.3 is 0 Å². The SMILES string of the molecule is Cl.NC1CCCCC1CC(=O)N1CCOC2CCCC21. The summed E-state index contributed by atoms with van der Waals surface area (Å²) < 4.78 is 5.77. The second-order valence-corrected chi connectivity index (χ2v) is 6.41. The number of fused-ring (bicyclic) bond motifs is 1. The highest BCUT2D eigenvalue weighted by Crippen LogP contribution is 2.32. The molecule has 116 valence electrons. The summed E-state index contributed by atoms with van der Waals surface area (Å²) in [5.41, 5.74) is 6.17. The van der Waals surface area contributed by atoms with Crippen molar-refractivity contribution in [2.75, 3.05) is 13.2 Å². The summed E-state index contributed by atoms with van der Waals surface area (Å²) in [6.45, 7) is 1.49. The predicted octanol–water partition coefficient (Wildman–Crippen LogP) is 2.10. The molecule has 0 radical (unpaired) electrons. The molecule has 20 heavy (non-hydrogen) atoms. The van der Waals surface area contributed by atoms with Crippen molar-refractivity contribution in [3.8, 4) is 0 Å². The highest BCUT2D eigenvalue weighted by atomic mass is 35.5. The van der Waals surface area contributed by atoms with E-state index in [1.54, 1.807) is 0 Å². The number of ether oxygens (including phenoxy) is 1. The molecule has 0 aromatic rings. The van der Waals surface area contributed by atoms with Gasteiger partial charge in [-0.25, -0.2) is 0 Å². The van der Waals surface area contributed by atoms with E-state index in [0.717, 1.165) is 32.2 Å². The maximum atomic E-state index is 12.6. The van der Waals surface area contributed by atoms with Crippen molar-refractivity contribution >= 4 is 18.3 Å². The standard InChI is InChI=1S/C15H26N2O2.ClH/c16-12-5-2-1-4-11(12)10-15(18)17-8-9-19-14-7-3-6-13(14)17;/h11-14H,1-10,16H2;1H. The number of carbonyl (C=O) groups is 1. The van der Waals surface area contributed by atoms with Crippen LogP contribution in [0.3, 0.4) is 0 Å². The fourth-order valence-electron chi connectivity index (χ4n) is 4.07. The molecule has 2 saturated carbocycles. The smallest absolute Gasteiger partial charge is 0.223 e. The van der Waals surface area contributed by atoms with E-state index >= 15 is 0 Å². The van der Waals surface area contributed by atoms with E-state index in [9.17, 15) is 4.79 Å². The molecule has 0 spiro atoms. The minimum absolute atomic E-state index is 0. The van der Waals surface area contributed by atoms with Gasteiger partial charge in [-0.05, 0) is 38.0 Å². The number of morpholine rings is 1. The van der Waals surface area contributed by atoms with Gasteiger partial charge in [-0.3, -0.25) is 4.79 Å². The van der Waals surface area contributed by atoms with Crippen LogP contribution in [0.1, 0.15) is 51.4 Å². The van der Waals surface area contributed by atoms with Gasteiger partial charge < -0.3 is 15.4 Å². The topological polar surface area (TPSA) is 55.6 Å². The van der Waals surface area contributed by atoms with Crippen LogP contribution >= 0.6 is 12.4 Å². The first-order valence-electron chi connectivity index (χ1n) is 7.92. The van der Waals surface area contributed by atoms with Crippen molar-refractivity contribution < 1.29 is 9.53 Å². The molecule has 5 heteroatoms. The molecule has 2 N–H and O–H groups in total. The van der Waals surface area contributed by atoms with E-state index in [4.69, 9.17) is 10.5 Å². The number of nitrogens with two attached hydrogens (primary N) is 1. The zero-order chi connectivity index (χ0) is 13.2. The molecular weight excluding hydrogens is 276 g/mol. The number of halogens is 1. The Hall–Kier alpha value is -0.320. The lowest BCUT2D eigenvalue weighted by molar-refractivity contribution is -0.145. The molecule has 4 unspecified atom stereocenters. The molecule has 4 atom stereocenters. The minimum atomic E-state index is 0. The maximum absolute atomic E-state index is 12.6. The molecule has 3 aliphatic rings. The Morgan fingerprint density at radius 2 is 1.95 bits per heavy atom. The van der Waals surface area contributed by atoms with Crippen molar-refractivity contribution in [1.29, 1.82) is 0 Å². The lowest BCUT2D eigenvalue weighted by atomic mass is 9.82. The van der Waals surface area contributed by atoms with E-state index < -0.39 is 0 Å². The Labute approximate surface area is 127 Å². The van der Waals surface area contributed by atoms with Crippen LogP contribution in [-0.4, -0.2) is 42.1 Å². The summed E-state index contributed by atoms with van der Waals surface area (Å²) >= 11 is 0. The van der Waals surface area contributed by atoms with Crippen molar-refractivity contribution in [3.63, 3.8) is 0 Å². The van der Waals surface area contributed by atoms with Crippen molar-refractivity contribution in [3.05, 3.63) is 0 Å². The third-order valence-corrected chi connectivity index (χ3v) is 5.21. The predicted molar refractivity (Wildman–Crippen MR) is 80.9 cm³/mol. The van der Waals surface area contributed by atoms with Gasteiger partial charge in [0, 0.05) is 19.0 Å². The van der Waals surface area contributed by atoms with E-state index in [0.29, 0.717) is 37.0 Å². The van der Waals surface area contributed by atoms with Crippen LogP contribution in [0.15, 0.2) is 0 Å². The average molecular weight is 303 g/mol. The first-order valence-corrected chi connectivity index (χ1v) is 7.92. The van der Waals surface area contributed by atoms with E-state index in [1.165, 1.54) is 19.3 Å². The Morgan fingerprint density at radius 1 is 1.15 bits per heavy atom. The fourth-order valence-corrected chi connectivity index (χ4v) is 4.07. The summed E-state index contributed by atoms with van der Waals surface area (Å²) in [5.74, 6) is 0.728. The van der Waals surface area contributed by atoms with Gasteiger partial charge in [-0.15, -0.1) is 12.4 Å². The molecular formula is C15H27ClN2O2. The summed E-state index contributed by atoms with van der Waals surface area (Å²) in [7, 11) is 0. The van der Waals surface area contributed by atoms with Crippen LogP contribution in [0.4, 0.5) is 0 Å². The number of nitrogens with zero attached hydrogens (tertiary/aromatic N) is 1. The number of hydrogen-bond donors (Lipinski definition) is 1. The molecule has 1 amide bonds. The molecule has 0 bridgehead atoms. The maximum Gasteiger partial charge on any atom is 0.223 e. The number of amides is 1. The fraction of sp³-hybridized carbons (Fsp3) is 0.933. The Bertz CT molecular complexity index is 340. The third-order valence-electron chi connectivity index (χ3n) is 5.21. The van der Waals surface area contributed by atoms with Crippen molar-refractivity contribution in [2.45, 2.75) is 69.6 Å². The van der Waals surface area contributed by atoms with E-state index in [2.05, 4.69) is 4.90 Å². The molecule has 1 aliphatic heterocycles. The second-order valence-electron chi connectivity index (χ2n) is 6.41. The molecule has 1 heterocycles. The molecule has 1 saturated heterocycles. The van der Waals surface area contributed by atoms with Gasteiger partial charge in [-0.1, -0.05) is 12.8 Å². The van der Waals surface area contributed by atoms with Crippen LogP contribution in [0, 0.1) is 5.92 Å². The van der Waals surface area contributed by atoms with Crippen LogP contribution < -0.4 is 5.73 Å². The van der Waals surface area contributed by atoms with Gasteiger partial charge in [0.1, 0.15) is 0 Å². The number of carbonyl (C=O) groups excluding carboxylic acids is 1. The van der Waals surface area contributed by atoms with Crippen molar-refractivity contribution in [2.24, 2.45) is 11.7 Å². The quantitative estimate of drug-likeness (QED) is 0.850. The number of hydrogen-bond acceptors (Lipinski definition) is 3. The average Bonchev–Trinajstić information content (AvgIpc) is 2.89. The van der Waals surface area contributed by atoms with Crippen LogP contribution in [0.25, 0.3) is 0 Å². The van der Waals surface area contributed by atoms with Crippen LogP contribution in [0.2, 0.25) is 0 Å². The van der Waals surface area contributed by atoms with Gasteiger partial charge in [0.15, 0.2) is 0 Å².